The van der Waals surface area contributed by atoms with Crippen LogP contribution in [0.15, 0.2) is 64.3 Å². The molecule has 0 radical (unpaired) electrons. The molecule has 0 bridgehead atoms. The number of amides is 1. The summed E-state index contributed by atoms with van der Waals surface area (Å²) in [7, 11) is 0. The fraction of sp³-hybridized carbons (Fsp3) is 0.318. The number of carbonyl (C=O) groups is 1. The zero-order chi connectivity index (χ0) is 20.2. The van der Waals surface area contributed by atoms with Gasteiger partial charge in [-0.05, 0) is 31.7 Å². The summed E-state index contributed by atoms with van der Waals surface area (Å²) in [5, 5.41) is 7.25. The standard InChI is InChI=1S/C22H24N4O3/c1-16(9-10-17-6-3-2-4-7-17)24-21(27)8-5-12-26-22(28)19-14-20-18(11-13-29-20)25(19)15-23-26/h2-4,6-7,11,13-16H,5,8-10,12H2,1H3,(H,24,27)/t16-/m1/s1. The van der Waals surface area contributed by atoms with E-state index in [4.69, 9.17) is 4.42 Å². The van der Waals surface area contributed by atoms with Crippen LogP contribution in [-0.2, 0) is 17.8 Å². The van der Waals surface area contributed by atoms with E-state index < -0.39 is 0 Å². The van der Waals surface area contributed by atoms with E-state index in [0.29, 0.717) is 30.5 Å². The maximum absolute atomic E-state index is 12.6. The van der Waals surface area contributed by atoms with Crippen LogP contribution in [0.1, 0.15) is 31.7 Å². The van der Waals surface area contributed by atoms with Crippen LogP contribution in [-0.4, -0.2) is 26.1 Å². The maximum atomic E-state index is 12.6. The van der Waals surface area contributed by atoms with Gasteiger partial charge < -0.3 is 9.73 Å². The van der Waals surface area contributed by atoms with Crippen LogP contribution in [0.4, 0.5) is 0 Å². The number of rotatable bonds is 8. The summed E-state index contributed by atoms with van der Waals surface area (Å²) in [6.07, 6.45) is 5.93. The highest BCUT2D eigenvalue weighted by Crippen LogP contribution is 2.18. The SMILES string of the molecule is C[C@H](CCc1ccccc1)NC(=O)CCCn1ncn2c(cc3occc32)c1=O. The van der Waals surface area contributed by atoms with Gasteiger partial charge in [0.05, 0.1) is 11.8 Å². The first-order chi connectivity index (χ1) is 14.1. The molecule has 4 rings (SSSR count). The smallest absolute Gasteiger partial charge is 0.291 e. The molecular formula is C22H24N4O3. The minimum atomic E-state index is -0.185. The highest BCUT2D eigenvalue weighted by atomic mass is 16.3. The van der Waals surface area contributed by atoms with Crippen molar-refractivity contribution in [3.8, 4) is 0 Å². The molecular weight excluding hydrogens is 368 g/mol. The quantitative estimate of drug-likeness (QED) is 0.499. The van der Waals surface area contributed by atoms with E-state index in [0.717, 1.165) is 18.4 Å². The van der Waals surface area contributed by atoms with E-state index in [9.17, 15) is 9.59 Å². The van der Waals surface area contributed by atoms with Gasteiger partial charge in [0.15, 0.2) is 5.58 Å². The average Bonchev–Trinajstić information content (AvgIpc) is 3.31. The lowest BCUT2D eigenvalue weighted by molar-refractivity contribution is -0.121. The Labute approximate surface area is 167 Å². The Morgan fingerprint density at radius 1 is 1.21 bits per heavy atom. The van der Waals surface area contributed by atoms with Gasteiger partial charge in [-0.3, -0.25) is 14.0 Å². The summed E-state index contributed by atoms with van der Waals surface area (Å²) in [6.45, 7) is 2.41. The molecule has 150 valence electrons. The Hall–Kier alpha value is -3.35. The monoisotopic (exact) mass is 392 g/mol. The average molecular weight is 392 g/mol. The topological polar surface area (TPSA) is 81.5 Å². The number of fused-ring (bicyclic) bond motifs is 3. The number of carbonyl (C=O) groups excluding carboxylic acids is 1. The number of nitrogens with zero attached hydrogens (tertiary/aromatic N) is 3. The number of hydrogen-bond acceptors (Lipinski definition) is 4. The lowest BCUT2D eigenvalue weighted by Gasteiger charge is -2.14. The molecule has 0 saturated heterocycles. The van der Waals surface area contributed by atoms with Gasteiger partial charge in [0.1, 0.15) is 11.8 Å². The Morgan fingerprint density at radius 3 is 2.86 bits per heavy atom. The molecule has 0 fully saturated rings. The number of benzene rings is 1. The normalized spacial score (nSPS) is 12.4. The lowest BCUT2D eigenvalue weighted by atomic mass is 10.1. The van der Waals surface area contributed by atoms with Crippen molar-refractivity contribution in [2.75, 3.05) is 0 Å². The van der Waals surface area contributed by atoms with Crippen molar-refractivity contribution in [2.45, 2.75) is 45.2 Å². The van der Waals surface area contributed by atoms with Crippen molar-refractivity contribution in [1.29, 1.82) is 0 Å². The molecule has 1 amide bonds. The Kier molecular flexibility index (Phi) is 5.46. The molecule has 1 atom stereocenters. The summed E-state index contributed by atoms with van der Waals surface area (Å²) in [5.41, 5.74) is 3.08. The van der Waals surface area contributed by atoms with Gasteiger partial charge in [0.2, 0.25) is 5.91 Å². The van der Waals surface area contributed by atoms with Crippen molar-refractivity contribution >= 4 is 22.5 Å². The molecule has 0 unspecified atom stereocenters. The van der Waals surface area contributed by atoms with Crippen LogP contribution in [0.3, 0.4) is 0 Å². The summed E-state index contributed by atoms with van der Waals surface area (Å²) < 4.78 is 8.47. The first-order valence-electron chi connectivity index (χ1n) is 9.89. The zero-order valence-corrected chi connectivity index (χ0v) is 16.4. The molecule has 3 heterocycles. The van der Waals surface area contributed by atoms with Crippen molar-refractivity contribution in [2.24, 2.45) is 0 Å². The highest BCUT2D eigenvalue weighted by molar-refractivity contribution is 5.81. The van der Waals surface area contributed by atoms with E-state index >= 15 is 0 Å². The van der Waals surface area contributed by atoms with E-state index in [1.165, 1.54) is 10.2 Å². The Bertz CT molecular complexity index is 1170. The Balaban J connectivity index is 1.27. The minimum absolute atomic E-state index is 0.000103. The molecule has 0 saturated carbocycles. The van der Waals surface area contributed by atoms with Gasteiger partial charge in [0, 0.05) is 31.1 Å². The minimum Gasteiger partial charge on any atom is -0.463 e. The molecule has 1 aromatic carbocycles. The largest absolute Gasteiger partial charge is 0.463 e. The summed E-state index contributed by atoms with van der Waals surface area (Å²) >= 11 is 0. The van der Waals surface area contributed by atoms with Crippen molar-refractivity contribution in [3.63, 3.8) is 0 Å². The van der Waals surface area contributed by atoms with E-state index in [-0.39, 0.29) is 17.5 Å². The van der Waals surface area contributed by atoms with Crippen molar-refractivity contribution in [1.82, 2.24) is 19.5 Å². The molecule has 0 aliphatic heterocycles. The van der Waals surface area contributed by atoms with Gasteiger partial charge in [-0.1, -0.05) is 30.3 Å². The van der Waals surface area contributed by atoms with E-state index in [2.05, 4.69) is 22.5 Å². The first kappa shape index (κ1) is 19.0. The third-order valence-corrected chi connectivity index (χ3v) is 5.11. The number of furan rings is 1. The molecule has 3 aromatic heterocycles. The van der Waals surface area contributed by atoms with Crippen molar-refractivity contribution in [3.05, 3.63) is 71.0 Å². The van der Waals surface area contributed by atoms with Gasteiger partial charge in [0.25, 0.3) is 5.56 Å². The Morgan fingerprint density at radius 2 is 2.03 bits per heavy atom. The lowest BCUT2D eigenvalue weighted by Crippen LogP contribution is -2.33. The van der Waals surface area contributed by atoms with Crippen LogP contribution >= 0.6 is 0 Å². The van der Waals surface area contributed by atoms with Crippen LogP contribution in [0, 0.1) is 0 Å². The number of aromatic nitrogens is 3. The molecule has 0 aliphatic rings. The van der Waals surface area contributed by atoms with Crippen molar-refractivity contribution < 1.29 is 9.21 Å². The summed E-state index contributed by atoms with van der Waals surface area (Å²) in [4.78, 5) is 24.8. The van der Waals surface area contributed by atoms with Gasteiger partial charge in [-0.25, -0.2) is 4.68 Å². The molecule has 1 N–H and O–H groups in total. The van der Waals surface area contributed by atoms with E-state index in [1.807, 2.05) is 25.1 Å². The number of nitrogens with one attached hydrogen (secondary N) is 1. The van der Waals surface area contributed by atoms with Crippen LogP contribution in [0.25, 0.3) is 16.6 Å². The van der Waals surface area contributed by atoms with Crippen LogP contribution in [0.5, 0.6) is 0 Å². The van der Waals surface area contributed by atoms with Crippen LogP contribution in [0.2, 0.25) is 0 Å². The summed E-state index contributed by atoms with van der Waals surface area (Å²) in [5.74, 6) is -0.000103. The van der Waals surface area contributed by atoms with Crippen LogP contribution < -0.4 is 10.9 Å². The first-order valence-corrected chi connectivity index (χ1v) is 9.89. The second-order valence-electron chi connectivity index (χ2n) is 7.33. The maximum Gasteiger partial charge on any atom is 0.291 e. The third kappa shape index (κ3) is 4.23. The summed E-state index contributed by atoms with van der Waals surface area (Å²) in [6, 6.07) is 13.9. The molecule has 7 nitrogen and oxygen atoms in total. The molecule has 29 heavy (non-hydrogen) atoms. The second-order valence-corrected chi connectivity index (χ2v) is 7.33. The predicted octanol–water partition coefficient (Wildman–Crippen LogP) is 3.16. The predicted molar refractivity (Wildman–Crippen MR) is 111 cm³/mol. The van der Waals surface area contributed by atoms with Gasteiger partial charge in [-0.15, -0.1) is 0 Å². The molecule has 7 heteroatoms. The van der Waals surface area contributed by atoms with Gasteiger partial charge >= 0.3 is 0 Å². The number of hydrogen-bond donors (Lipinski definition) is 1. The molecule has 0 spiro atoms. The van der Waals surface area contributed by atoms with E-state index in [1.54, 1.807) is 29.1 Å². The number of aryl methyl sites for hydroxylation is 2. The zero-order valence-electron chi connectivity index (χ0n) is 16.4. The third-order valence-electron chi connectivity index (χ3n) is 5.11. The second kappa shape index (κ2) is 8.34. The molecule has 0 aliphatic carbocycles. The highest BCUT2D eigenvalue weighted by Gasteiger charge is 2.12. The fourth-order valence-electron chi connectivity index (χ4n) is 3.53. The molecule has 4 aromatic rings. The van der Waals surface area contributed by atoms with Gasteiger partial charge in [-0.2, -0.15) is 5.10 Å². The fourth-order valence-corrected chi connectivity index (χ4v) is 3.53.